The highest BCUT2D eigenvalue weighted by molar-refractivity contribution is 5.06. The molecular formula is C8H14O3. The first-order chi connectivity index (χ1) is 5.29. The molecule has 2 aliphatic carbocycles. The second-order valence-electron chi connectivity index (χ2n) is 3.52. The molecule has 2 fully saturated rings. The van der Waals surface area contributed by atoms with E-state index >= 15 is 0 Å². The largest absolute Gasteiger partial charge is 0.371 e. The Morgan fingerprint density at radius 1 is 1.27 bits per heavy atom. The van der Waals surface area contributed by atoms with Crippen LogP contribution >= 0.6 is 0 Å². The molecule has 64 valence electrons. The molecule has 2 atom stereocenters. The fourth-order valence-corrected chi connectivity index (χ4v) is 2.35. The first-order valence-corrected chi connectivity index (χ1v) is 4.26. The second-order valence-corrected chi connectivity index (χ2v) is 3.52. The predicted molar refractivity (Wildman–Crippen MR) is 38.6 cm³/mol. The van der Waals surface area contributed by atoms with Gasteiger partial charge in [0.2, 0.25) is 0 Å². The monoisotopic (exact) mass is 158 g/mol. The van der Waals surface area contributed by atoms with Crippen molar-refractivity contribution < 1.29 is 14.9 Å². The highest BCUT2D eigenvalue weighted by Gasteiger charge is 2.65. The summed E-state index contributed by atoms with van der Waals surface area (Å²) < 4.78 is 4.90. The number of hydrogen-bond donors (Lipinski definition) is 2. The molecule has 0 heterocycles. The topological polar surface area (TPSA) is 49.7 Å². The molecule has 0 aromatic rings. The van der Waals surface area contributed by atoms with E-state index < -0.39 is 5.79 Å². The molecule has 11 heavy (non-hydrogen) atoms. The number of fused-ring (bicyclic) bond motifs is 1. The van der Waals surface area contributed by atoms with E-state index in [-0.39, 0.29) is 6.79 Å². The van der Waals surface area contributed by atoms with Gasteiger partial charge in [-0.1, -0.05) is 12.8 Å². The van der Waals surface area contributed by atoms with E-state index in [9.17, 15) is 5.11 Å². The van der Waals surface area contributed by atoms with Crippen molar-refractivity contribution in [1.29, 1.82) is 0 Å². The highest BCUT2D eigenvalue weighted by atomic mass is 16.7. The Hall–Kier alpha value is -0.120. The molecule has 0 saturated heterocycles. The van der Waals surface area contributed by atoms with Crippen LogP contribution < -0.4 is 0 Å². The molecule has 0 spiro atoms. The summed E-state index contributed by atoms with van der Waals surface area (Å²) in [7, 11) is 0. The molecule has 2 N–H and O–H groups in total. The molecule has 2 aliphatic rings. The molecule has 3 nitrogen and oxygen atoms in total. The zero-order valence-electron chi connectivity index (χ0n) is 6.49. The number of aliphatic hydroxyl groups is 2. The standard InChI is InChI=1S/C8H14O3/c9-5-11-8(10)6-3-1-2-4-7(6)8/h6-7,9-10H,1-5H2. The zero-order valence-corrected chi connectivity index (χ0v) is 6.49. The molecular weight excluding hydrogens is 144 g/mol. The Morgan fingerprint density at radius 3 is 2.27 bits per heavy atom. The van der Waals surface area contributed by atoms with Crippen molar-refractivity contribution in [1.82, 2.24) is 0 Å². The number of aliphatic hydroxyl groups excluding tert-OH is 1. The van der Waals surface area contributed by atoms with Crippen molar-refractivity contribution >= 4 is 0 Å². The van der Waals surface area contributed by atoms with Crippen LogP contribution in [0.15, 0.2) is 0 Å². The third-order valence-electron chi connectivity index (χ3n) is 3.02. The van der Waals surface area contributed by atoms with Crippen LogP contribution in [0.4, 0.5) is 0 Å². The summed E-state index contributed by atoms with van der Waals surface area (Å²) in [5.74, 6) is -0.336. The quantitative estimate of drug-likeness (QED) is 0.574. The molecule has 0 aromatic heterocycles. The van der Waals surface area contributed by atoms with E-state index in [0.29, 0.717) is 11.8 Å². The van der Waals surface area contributed by atoms with Crippen LogP contribution in [-0.4, -0.2) is 22.8 Å². The van der Waals surface area contributed by atoms with E-state index in [0.717, 1.165) is 12.8 Å². The molecule has 0 amide bonds. The lowest BCUT2D eigenvalue weighted by molar-refractivity contribution is -0.188. The first-order valence-electron chi connectivity index (χ1n) is 4.26. The average molecular weight is 158 g/mol. The van der Waals surface area contributed by atoms with Gasteiger partial charge in [0.15, 0.2) is 5.79 Å². The minimum absolute atomic E-state index is 0.309. The van der Waals surface area contributed by atoms with Gasteiger partial charge in [-0.2, -0.15) is 0 Å². The normalized spacial score (nSPS) is 48.5. The number of hydrogen-bond acceptors (Lipinski definition) is 3. The van der Waals surface area contributed by atoms with Crippen LogP contribution in [0, 0.1) is 11.8 Å². The Morgan fingerprint density at radius 2 is 1.82 bits per heavy atom. The number of rotatable bonds is 2. The third-order valence-corrected chi connectivity index (χ3v) is 3.02. The lowest BCUT2D eigenvalue weighted by Gasteiger charge is -2.08. The van der Waals surface area contributed by atoms with Crippen LogP contribution in [0.5, 0.6) is 0 Å². The maximum absolute atomic E-state index is 9.71. The van der Waals surface area contributed by atoms with Gasteiger partial charge in [0.25, 0.3) is 0 Å². The Balaban J connectivity index is 1.97. The second kappa shape index (κ2) is 2.44. The van der Waals surface area contributed by atoms with Crippen molar-refractivity contribution in [2.75, 3.05) is 6.79 Å². The SMILES string of the molecule is OCOC1(O)C2CCCCC21. The van der Waals surface area contributed by atoms with Crippen LogP contribution in [0.3, 0.4) is 0 Å². The summed E-state index contributed by atoms with van der Waals surface area (Å²) in [6, 6.07) is 0. The maximum atomic E-state index is 9.71. The Labute approximate surface area is 66.0 Å². The van der Waals surface area contributed by atoms with Crippen molar-refractivity contribution in [3.8, 4) is 0 Å². The van der Waals surface area contributed by atoms with Gasteiger partial charge in [-0.3, -0.25) is 0 Å². The van der Waals surface area contributed by atoms with Gasteiger partial charge in [-0.25, -0.2) is 0 Å². The summed E-state index contributed by atoms with van der Waals surface area (Å²) >= 11 is 0. The molecule has 0 aliphatic heterocycles. The van der Waals surface area contributed by atoms with Gasteiger partial charge < -0.3 is 14.9 Å². The maximum Gasteiger partial charge on any atom is 0.174 e. The van der Waals surface area contributed by atoms with Crippen LogP contribution in [0.1, 0.15) is 25.7 Å². The van der Waals surface area contributed by atoms with E-state index in [1.807, 2.05) is 0 Å². The van der Waals surface area contributed by atoms with Crippen LogP contribution in [0.2, 0.25) is 0 Å². The van der Waals surface area contributed by atoms with Gasteiger partial charge in [-0.05, 0) is 12.8 Å². The predicted octanol–water partition coefficient (Wildman–Crippen LogP) is 0.461. The van der Waals surface area contributed by atoms with Crippen LogP contribution in [-0.2, 0) is 4.74 Å². The molecule has 0 aromatic carbocycles. The summed E-state index contributed by atoms with van der Waals surface area (Å²) in [5.41, 5.74) is 0. The molecule has 2 rings (SSSR count). The lowest BCUT2D eigenvalue weighted by Crippen LogP contribution is -2.18. The summed E-state index contributed by atoms with van der Waals surface area (Å²) in [5, 5.41) is 18.2. The van der Waals surface area contributed by atoms with Crippen molar-refractivity contribution in [3.05, 3.63) is 0 Å². The first kappa shape index (κ1) is 7.53. The van der Waals surface area contributed by atoms with Crippen molar-refractivity contribution in [2.45, 2.75) is 31.5 Å². The summed E-state index contributed by atoms with van der Waals surface area (Å²) in [6.45, 7) is -0.358. The molecule has 3 heteroatoms. The average Bonchev–Trinajstić information content (AvgIpc) is 2.60. The molecule has 2 saturated carbocycles. The van der Waals surface area contributed by atoms with E-state index in [1.54, 1.807) is 0 Å². The Kier molecular flexibility index (Phi) is 1.67. The minimum atomic E-state index is -0.953. The fraction of sp³-hybridized carbons (Fsp3) is 1.00. The van der Waals surface area contributed by atoms with E-state index in [2.05, 4.69) is 0 Å². The van der Waals surface area contributed by atoms with Gasteiger partial charge in [0, 0.05) is 11.8 Å². The van der Waals surface area contributed by atoms with Gasteiger partial charge in [-0.15, -0.1) is 0 Å². The van der Waals surface area contributed by atoms with Gasteiger partial charge >= 0.3 is 0 Å². The van der Waals surface area contributed by atoms with Crippen molar-refractivity contribution in [2.24, 2.45) is 11.8 Å². The number of ether oxygens (including phenoxy) is 1. The lowest BCUT2D eigenvalue weighted by atomic mass is 10.0. The molecule has 0 bridgehead atoms. The van der Waals surface area contributed by atoms with Gasteiger partial charge in [0.1, 0.15) is 6.79 Å². The minimum Gasteiger partial charge on any atom is -0.371 e. The van der Waals surface area contributed by atoms with E-state index in [1.165, 1.54) is 12.8 Å². The smallest absolute Gasteiger partial charge is 0.174 e. The molecule has 0 radical (unpaired) electrons. The summed E-state index contributed by atoms with van der Waals surface area (Å²) in [4.78, 5) is 0. The van der Waals surface area contributed by atoms with Crippen molar-refractivity contribution in [3.63, 3.8) is 0 Å². The zero-order chi connectivity index (χ0) is 7.90. The Bertz CT molecular complexity index is 145. The van der Waals surface area contributed by atoms with Gasteiger partial charge in [0.05, 0.1) is 0 Å². The summed E-state index contributed by atoms with van der Waals surface area (Å²) in [6.07, 6.45) is 4.50. The highest BCUT2D eigenvalue weighted by Crippen LogP contribution is 2.58. The fourth-order valence-electron chi connectivity index (χ4n) is 2.35. The van der Waals surface area contributed by atoms with Crippen LogP contribution in [0.25, 0.3) is 0 Å². The third kappa shape index (κ3) is 0.991. The molecule has 2 unspecified atom stereocenters. The van der Waals surface area contributed by atoms with E-state index in [4.69, 9.17) is 9.84 Å².